The molecule has 1 aromatic heterocycles. The van der Waals surface area contributed by atoms with Gasteiger partial charge in [-0.2, -0.15) is 0 Å². The minimum atomic E-state index is -0.0545. The number of fused-ring (bicyclic) bond motifs is 1. The zero-order valence-corrected chi connectivity index (χ0v) is 12.9. The van der Waals surface area contributed by atoms with Crippen LogP contribution >= 0.6 is 0 Å². The number of ketones is 1. The van der Waals surface area contributed by atoms with E-state index in [4.69, 9.17) is 0 Å². The number of aryl methyl sites for hydroxylation is 2. The molecule has 0 N–H and O–H groups in total. The number of carbonyl (C=O) groups is 1. The predicted octanol–water partition coefficient (Wildman–Crippen LogP) is 2.89. The summed E-state index contributed by atoms with van der Waals surface area (Å²) in [5.41, 5.74) is 2.39. The van der Waals surface area contributed by atoms with Crippen LogP contribution in [0.1, 0.15) is 43.0 Å². The van der Waals surface area contributed by atoms with E-state index in [1.807, 2.05) is 18.2 Å². The second-order valence-corrected chi connectivity index (χ2v) is 6.43. The summed E-state index contributed by atoms with van der Waals surface area (Å²) in [4.78, 5) is 24.6. The highest BCUT2D eigenvalue weighted by Gasteiger charge is 2.25. The van der Waals surface area contributed by atoms with E-state index >= 15 is 0 Å². The molecule has 1 heterocycles. The van der Waals surface area contributed by atoms with E-state index in [9.17, 15) is 9.59 Å². The Morgan fingerprint density at radius 3 is 2.33 bits per heavy atom. The van der Waals surface area contributed by atoms with Crippen LogP contribution in [0.25, 0.3) is 11.0 Å². The Kier molecular flexibility index (Phi) is 3.47. The molecule has 1 aliphatic rings. The van der Waals surface area contributed by atoms with Gasteiger partial charge in [0.1, 0.15) is 0 Å². The summed E-state index contributed by atoms with van der Waals surface area (Å²) >= 11 is 0. The Hall–Kier alpha value is -1.84. The predicted molar refractivity (Wildman–Crippen MR) is 83.6 cm³/mol. The van der Waals surface area contributed by atoms with Crippen LogP contribution in [0, 0.1) is 11.8 Å². The van der Waals surface area contributed by atoms with Gasteiger partial charge in [-0.05, 0) is 37.0 Å². The molecule has 0 atom stereocenters. The molecular weight excluding hydrogens is 264 g/mol. The van der Waals surface area contributed by atoms with Crippen LogP contribution in [0.3, 0.4) is 0 Å². The first-order valence-corrected chi connectivity index (χ1v) is 7.68. The van der Waals surface area contributed by atoms with Crippen molar-refractivity contribution in [2.24, 2.45) is 25.9 Å². The van der Waals surface area contributed by atoms with Crippen molar-refractivity contribution in [2.45, 2.75) is 32.6 Å². The molecule has 2 aromatic rings. The normalized spacial score (nSPS) is 22.6. The minimum absolute atomic E-state index is 0.0545. The maximum atomic E-state index is 12.7. The topological polar surface area (TPSA) is 44.0 Å². The first-order valence-electron chi connectivity index (χ1n) is 7.68. The molecule has 0 bridgehead atoms. The van der Waals surface area contributed by atoms with Crippen LogP contribution in [0.4, 0.5) is 0 Å². The van der Waals surface area contributed by atoms with Crippen molar-refractivity contribution in [2.75, 3.05) is 0 Å². The Bertz CT molecular complexity index is 746. The summed E-state index contributed by atoms with van der Waals surface area (Å²) in [6.07, 6.45) is 4.27. The van der Waals surface area contributed by atoms with Gasteiger partial charge in [0.25, 0.3) is 0 Å². The van der Waals surface area contributed by atoms with Gasteiger partial charge < -0.3 is 0 Å². The highest BCUT2D eigenvalue weighted by Crippen LogP contribution is 2.31. The number of rotatable bonds is 2. The maximum absolute atomic E-state index is 12.7. The van der Waals surface area contributed by atoms with E-state index in [-0.39, 0.29) is 17.4 Å². The van der Waals surface area contributed by atoms with Gasteiger partial charge in [0.15, 0.2) is 5.78 Å². The molecule has 0 aliphatic heterocycles. The number of Topliss-reactive ketones (excluding diaryl/α,β-unsaturated/α-hetero) is 1. The largest absolute Gasteiger partial charge is 0.328 e. The summed E-state index contributed by atoms with van der Waals surface area (Å²) in [5, 5.41) is 0. The Morgan fingerprint density at radius 1 is 1.05 bits per heavy atom. The number of benzene rings is 1. The first kappa shape index (κ1) is 14.1. The molecule has 4 nitrogen and oxygen atoms in total. The molecule has 1 saturated carbocycles. The first-order chi connectivity index (χ1) is 9.99. The molecule has 0 radical (unpaired) electrons. The zero-order valence-electron chi connectivity index (χ0n) is 12.9. The highest BCUT2D eigenvalue weighted by molar-refractivity contribution is 6.00. The van der Waals surface area contributed by atoms with E-state index in [0.29, 0.717) is 0 Å². The summed E-state index contributed by atoms with van der Waals surface area (Å²) < 4.78 is 3.22. The van der Waals surface area contributed by atoms with E-state index in [2.05, 4.69) is 6.92 Å². The second kappa shape index (κ2) is 5.17. The summed E-state index contributed by atoms with van der Waals surface area (Å²) in [7, 11) is 3.51. The SMILES string of the molecule is CC1CCC(C(=O)c2ccc3c(c2)n(C)c(=O)n3C)CC1. The van der Waals surface area contributed by atoms with Crippen molar-refractivity contribution in [1.82, 2.24) is 9.13 Å². The fourth-order valence-corrected chi connectivity index (χ4v) is 3.42. The van der Waals surface area contributed by atoms with E-state index in [1.165, 1.54) is 0 Å². The molecule has 0 unspecified atom stereocenters. The molecule has 1 aliphatic carbocycles. The van der Waals surface area contributed by atoms with Gasteiger partial charge >= 0.3 is 5.69 Å². The molecular formula is C17H22N2O2. The van der Waals surface area contributed by atoms with Gasteiger partial charge in [-0.3, -0.25) is 13.9 Å². The average Bonchev–Trinajstić information content (AvgIpc) is 2.72. The lowest BCUT2D eigenvalue weighted by Gasteiger charge is -2.25. The van der Waals surface area contributed by atoms with Crippen molar-refractivity contribution in [3.05, 3.63) is 34.2 Å². The Morgan fingerprint density at radius 2 is 1.67 bits per heavy atom. The monoisotopic (exact) mass is 286 g/mol. The van der Waals surface area contributed by atoms with Gasteiger partial charge in [-0.15, -0.1) is 0 Å². The maximum Gasteiger partial charge on any atom is 0.328 e. The smallest absolute Gasteiger partial charge is 0.295 e. The van der Waals surface area contributed by atoms with Crippen LogP contribution in [0.15, 0.2) is 23.0 Å². The number of imidazole rings is 1. The quantitative estimate of drug-likeness (QED) is 0.797. The van der Waals surface area contributed by atoms with Crippen molar-refractivity contribution < 1.29 is 4.79 Å². The van der Waals surface area contributed by atoms with Crippen LogP contribution in [-0.4, -0.2) is 14.9 Å². The van der Waals surface area contributed by atoms with Crippen LogP contribution in [-0.2, 0) is 14.1 Å². The standard InChI is InChI=1S/C17H22N2O2/c1-11-4-6-12(7-5-11)16(20)13-8-9-14-15(10-13)19(3)17(21)18(14)2/h8-12H,4-7H2,1-3H3. The Balaban J connectivity index is 1.96. The third-order valence-corrected chi connectivity index (χ3v) is 4.94. The Labute approximate surface area is 124 Å². The van der Waals surface area contributed by atoms with E-state index < -0.39 is 0 Å². The lowest BCUT2D eigenvalue weighted by Crippen LogP contribution is -2.21. The zero-order chi connectivity index (χ0) is 15.1. The van der Waals surface area contributed by atoms with Crippen LogP contribution < -0.4 is 5.69 Å². The molecule has 3 rings (SSSR count). The third-order valence-electron chi connectivity index (χ3n) is 4.94. The second-order valence-electron chi connectivity index (χ2n) is 6.43. The lowest BCUT2D eigenvalue weighted by molar-refractivity contribution is 0.0876. The fourth-order valence-electron chi connectivity index (χ4n) is 3.42. The summed E-state index contributed by atoms with van der Waals surface area (Å²) in [6, 6.07) is 5.62. The molecule has 0 saturated heterocycles. The number of nitrogens with zero attached hydrogens (tertiary/aromatic N) is 2. The third kappa shape index (κ3) is 2.33. The van der Waals surface area contributed by atoms with Gasteiger partial charge in [-0.1, -0.05) is 19.8 Å². The van der Waals surface area contributed by atoms with Crippen molar-refractivity contribution in [3.8, 4) is 0 Å². The average molecular weight is 286 g/mol. The van der Waals surface area contributed by atoms with Crippen molar-refractivity contribution in [1.29, 1.82) is 0 Å². The summed E-state index contributed by atoms with van der Waals surface area (Å²) in [6.45, 7) is 2.26. The summed E-state index contributed by atoms with van der Waals surface area (Å²) in [5.74, 6) is 1.13. The number of carbonyl (C=O) groups excluding carboxylic acids is 1. The van der Waals surface area contributed by atoms with Gasteiger partial charge in [0, 0.05) is 25.6 Å². The molecule has 4 heteroatoms. The van der Waals surface area contributed by atoms with Crippen molar-refractivity contribution in [3.63, 3.8) is 0 Å². The van der Waals surface area contributed by atoms with Gasteiger partial charge in [0.05, 0.1) is 11.0 Å². The number of hydrogen-bond acceptors (Lipinski definition) is 2. The molecule has 0 amide bonds. The van der Waals surface area contributed by atoms with Crippen LogP contribution in [0.5, 0.6) is 0 Å². The molecule has 1 fully saturated rings. The fraction of sp³-hybridized carbons (Fsp3) is 0.529. The lowest BCUT2D eigenvalue weighted by atomic mass is 9.79. The van der Waals surface area contributed by atoms with Gasteiger partial charge in [-0.25, -0.2) is 4.79 Å². The van der Waals surface area contributed by atoms with Crippen LogP contribution in [0.2, 0.25) is 0 Å². The molecule has 112 valence electrons. The van der Waals surface area contributed by atoms with E-state index in [1.54, 1.807) is 23.2 Å². The minimum Gasteiger partial charge on any atom is -0.295 e. The molecule has 1 aromatic carbocycles. The number of aromatic nitrogens is 2. The molecule has 21 heavy (non-hydrogen) atoms. The van der Waals surface area contributed by atoms with E-state index in [0.717, 1.165) is 48.2 Å². The number of hydrogen-bond donors (Lipinski definition) is 0. The molecule has 0 spiro atoms. The highest BCUT2D eigenvalue weighted by atomic mass is 16.1. The van der Waals surface area contributed by atoms with Gasteiger partial charge in [0.2, 0.25) is 0 Å². The van der Waals surface area contributed by atoms with Crippen molar-refractivity contribution >= 4 is 16.8 Å².